The molecule has 0 atom stereocenters. The smallest absolute Gasteiger partial charge is 0.158 e. The maximum Gasteiger partial charge on any atom is 0.158 e. The Labute approximate surface area is 117 Å². The first-order chi connectivity index (χ1) is 9.15. The minimum absolute atomic E-state index is 0.518. The lowest BCUT2D eigenvalue weighted by atomic mass is 10.1. The highest BCUT2D eigenvalue weighted by Crippen LogP contribution is 2.33. The van der Waals surface area contributed by atoms with E-state index in [2.05, 4.69) is 10.1 Å². The van der Waals surface area contributed by atoms with Crippen LogP contribution < -0.4 is 5.73 Å². The molecule has 0 radical (unpaired) electrons. The highest BCUT2D eigenvalue weighted by Gasteiger charge is 2.22. The number of nitrogens with zero attached hydrogens (tertiary/aromatic N) is 3. The van der Waals surface area contributed by atoms with Crippen LogP contribution in [0.5, 0.6) is 0 Å². The van der Waals surface area contributed by atoms with Gasteiger partial charge in [-0.25, -0.2) is 9.67 Å². The summed E-state index contributed by atoms with van der Waals surface area (Å²) in [7, 11) is 1.92. The van der Waals surface area contributed by atoms with Crippen molar-refractivity contribution in [3.8, 4) is 11.4 Å². The maximum absolute atomic E-state index is 6.07. The van der Waals surface area contributed by atoms with E-state index in [1.54, 1.807) is 0 Å². The number of aryl methyl sites for hydroxylation is 1. The van der Waals surface area contributed by atoms with Crippen LogP contribution in [0.2, 0.25) is 5.02 Å². The van der Waals surface area contributed by atoms with Gasteiger partial charge in [0.1, 0.15) is 0 Å². The Morgan fingerprint density at radius 2 is 2.05 bits per heavy atom. The van der Waals surface area contributed by atoms with Gasteiger partial charge in [0, 0.05) is 18.5 Å². The van der Waals surface area contributed by atoms with E-state index in [-0.39, 0.29) is 0 Å². The molecule has 1 aliphatic carbocycles. The zero-order valence-corrected chi connectivity index (χ0v) is 11.7. The number of halogens is 1. The summed E-state index contributed by atoms with van der Waals surface area (Å²) in [6, 6.07) is 5.59. The SMILES string of the molecule is Cn1nc(C2CCCC2)nc1-c1ccc(N)c(Cl)c1. The molecule has 3 rings (SSSR count). The van der Waals surface area contributed by atoms with E-state index in [4.69, 9.17) is 17.3 Å². The third kappa shape index (κ3) is 2.32. The molecule has 0 amide bonds. The fraction of sp³-hybridized carbons (Fsp3) is 0.429. The number of hydrogen-bond acceptors (Lipinski definition) is 3. The molecule has 1 aromatic carbocycles. The molecule has 19 heavy (non-hydrogen) atoms. The number of rotatable bonds is 2. The lowest BCUT2D eigenvalue weighted by Crippen LogP contribution is -1.97. The van der Waals surface area contributed by atoms with Gasteiger partial charge in [-0.1, -0.05) is 24.4 Å². The van der Waals surface area contributed by atoms with Crippen molar-refractivity contribution in [2.75, 3.05) is 5.73 Å². The van der Waals surface area contributed by atoms with Gasteiger partial charge in [0.25, 0.3) is 0 Å². The highest BCUT2D eigenvalue weighted by atomic mass is 35.5. The van der Waals surface area contributed by atoms with Crippen LogP contribution in [0, 0.1) is 0 Å². The molecule has 0 bridgehead atoms. The Morgan fingerprint density at radius 1 is 1.32 bits per heavy atom. The molecular weight excluding hydrogens is 260 g/mol. The second-order valence-corrected chi connectivity index (χ2v) is 5.54. The van der Waals surface area contributed by atoms with Crippen LogP contribution in [0.15, 0.2) is 18.2 Å². The Morgan fingerprint density at radius 3 is 2.74 bits per heavy atom. The van der Waals surface area contributed by atoms with Gasteiger partial charge in [0.2, 0.25) is 0 Å². The van der Waals surface area contributed by atoms with E-state index in [1.165, 1.54) is 25.7 Å². The lowest BCUT2D eigenvalue weighted by molar-refractivity contribution is 0.648. The zero-order chi connectivity index (χ0) is 13.4. The minimum Gasteiger partial charge on any atom is -0.398 e. The predicted molar refractivity (Wildman–Crippen MR) is 77.1 cm³/mol. The van der Waals surface area contributed by atoms with Crippen molar-refractivity contribution >= 4 is 17.3 Å². The van der Waals surface area contributed by atoms with Gasteiger partial charge in [0.05, 0.1) is 10.7 Å². The summed E-state index contributed by atoms with van der Waals surface area (Å²) in [6.45, 7) is 0. The van der Waals surface area contributed by atoms with Crippen molar-refractivity contribution in [3.63, 3.8) is 0 Å². The van der Waals surface area contributed by atoms with Gasteiger partial charge >= 0.3 is 0 Å². The van der Waals surface area contributed by atoms with Gasteiger partial charge < -0.3 is 5.73 Å². The third-order valence-electron chi connectivity index (χ3n) is 3.76. The minimum atomic E-state index is 0.518. The summed E-state index contributed by atoms with van der Waals surface area (Å²) in [4.78, 5) is 4.69. The number of aromatic nitrogens is 3. The van der Waals surface area contributed by atoms with E-state index in [0.29, 0.717) is 16.6 Å². The first kappa shape index (κ1) is 12.5. The highest BCUT2D eigenvalue weighted by molar-refractivity contribution is 6.33. The van der Waals surface area contributed by atoms with E-state index >= 15 is 0 Å². The van der Waals surface area contributed by atoms with Crippen LogP contribution in [-0.4, -0.2) is 14.8 Å². The van der Waals surface area contributed by atoms with Crippen molar-refractivity contribution in [1.82, 2.24) is 14.8 Å². The summed E-state index contributed by atoms with van der Waals surface area (Å²) < 4.78 is 1.83. The summed E-state index contributed by atoms with van der Waals surface area (Å²) in [5.74, 6) is 2.33. The average Bonchev–Trinajstić information content (AvgIpc) is 3.01. The number of nitrogen functional groups attached to an aromatic ring is 1. The normalized spacial score (nSPS) is 16.1. The van der Waals surface area contributed by atoms with Crippen molar-refractivity contribution in [1.29, 1.82) is 0 Å². The molecule has 2 N–H and O–H groups in total. The topological polar surface area (TPSA) is 56.7 Å². The summed E-state index contributed by atoms with van der Waals surface area (Å²) in [5, 5.41) is 5.11. The molecule has 2 aromatic rings. The van der Waals surface area contributed by atoms with Gasteiger partial charge in [0.15, 0.2) is 11.6 Å². The fourth-order valence-electron chi connectivity index (χ4n) is 2.68. The number of hydrogen-bond donors (Lipinski definition) is 1. The van der Waals surface area contributed by atoms with Crippen LogP contribution in [0.25, 0.3) is 11.4 Å². The molecule has 4 nitrogen and oxygen atoms in total. The first-order valence-corrected chi connectivity index (χ1v) is 6.99. The van der Waals surface area contributed by atoms with Crippen molar-refractivity contribution in [3.05, 3.63) is 29.0 Å². The second kappa shape index (κ2) is 4.85. The molecule has 1 fully saturated rings. The Kier molecular flexibility index (Phi) is 3.19. The van der Waals surface area contributed by atoms with Crippen molar-refractivity contribution in [2.45, 2.75) is 31.6 Å². The molecule has 0 spiro atoms. The van der Waals surface area contributed by atoms with E-state index < -0.39 is 0 Å². The van der Waals surface area contributed by atoms with Crippen molar-refractivity contribution in [2.24, 2.45) is 7.05 Å². The van der Waals surface area contributed by atoms with E-state index in [0.717, 1.165) is 17.2 Å². The molecule has 1 heterocycles. The largest absolute Gasteiger partial charge is 0.398 e. The number of benzene rings is 1. The van der Waals surface area contributed by atoms with E-state index in [1.807, 2.05) is 29.9 Å². The Bertz CT molecular complexity index is 599. The number of anilines is 1. The molecule has 1 aromatic heterocycles. The summed E-state index contributed by atoms with van der Waals surface area (Å²) in [6.07, 6.45) is 4.97. The van der Waals surface area contributed by atoms with Crippen LogP contribution in [-0.2, 0) is 7.05 Å². The molecular formula is C14H17ClN4. The summed E-state index contributed by atoms with van der Waals surface area (Å²) in [5.41, 5.74) is 7.28. The van der Waals surface area contributed by atoms with Crippen molar-refractivity contribution < 1.29 is 0 Å². The van der Waals surface area contributed by atoms with Gasteiger partial charge in [-0.05, 0) is 31.0 Å². The first-order valence-electron chi connectivity index (χ1n) is 6.61. The Hall–Kier alpha value is -1.55. The standard InChI is InChI=1S/C14H17ClN4/c1-19-14(10-6-7-12(16)11(15)8-10)17-13(18-19)9-4-2-3-5-9/h6-9H,2-5,16H2,1H3. The van der Waals surface area contributed by atoms with Gasteiger partial charge in [-0.2, -0.15) is 5.10 Å². The molecule has 1 saturated carbocycles. The van der Waals surface area contributed by atoms with Gasteiger partial charge in [-0.15, -0.1) is 0 Å². The summed E-state index contributed by atoms with van der Waals surface area (Å²) >= 11 is 6.07. The Balaban J connectivity index is 1.97. The molecule has 1 aliphatic rings. The lowest BCUT2D eigenvalue weighted by Gasteiger charge is -2.02. The van der Waals surface area contributed by atoms with Crippen LogP contribution in [0.4, 0.5) is 5.69 Å². The predicted octanol–water partition coefficient (Wildman–Crippen LogP) is 3.38. The van der Waals surface area contributed by atoms with Crippen LogP contribution in [0.3, 0.4) is 0 Å². The third-order valence-corrected chi connectivity index (χ3v) is 4.09. The maximum atomic E-state index is 6.07. The van der Waals surface area contributed by atoms with Crippen LogP contribution >= 0.6 is 11.6 Å². The quantitative estimate of drug-likeness (QED) is 0.856. The fourth-order valence-corrected chi connectivity index (χ4v) is 2.86. The molecule has 100 valence electrons. The van der Waals surface area contributed by atoms with Gasteiger partial charge in [-0.3, -0.25) is 0 Å². The van der Waals surface area contributed by atoms with Crippen LogP contribution in [0.1, 0.15) is 37.4 Å². The monoisotopic (exact) mass is 276 g/mol. The molecule has 0 aliphatic heterocycles. The second-order valence-electron chi connectivity index (χ2n) is 5.13. The molecule has 0 saturated heterocycles. The average molecular weight is 277 g/mol. The molecule has 0 unspecified atom stereocenters. The molecule has 5 heteroatoms. The zero-order valence-electron chi connectivity index (χ0n) is 10.9. The number of nitrogens with two attached hydrogens (primary N) is 1. The van der Waals surface area contributed by atoms with E-state index in [9.17, 15) is 0 Å².